The average molecular weight is 358 g/mol. The predicted octanol–water partition coefficient (Wildman–Crippen LogP) is 3.83. The minimum Gasteiger partial charge on any atom is -0.324 e. The molecule has 0 spiro atoms. The van der Waals surface area contributed by atoms with E-state index >= 15 is 0 Å². The van der Waals surface area contributed by atoms with Crippen molar-refractivity contribution < 1.29 is 17.5 Å². The summed E-state index contributed by atoms with van der Waals surface area (Å²) in [5, 5.41) is 0. The Morgan fingerprint density at radius 2 is 2.04 bits per heavy atom. The fourth-order valence-corrected chi connectivity index (χ4v) is 3.26. The third kappa shape index (κ3) is 5.00. The monoisotopic (exact) mass is 358 g/mol. The van der Waals surface area contributed by atoms with Crippen LogP contribution >= 0.6 is 11.8 Å². The summed E-state index contributed by atoms with van der Waals surface area (Å²) in [5.74, 6) is -0.940. The lowest BCUT2D eigenvalue weighted by Crippen LogP contribution is -2.08. The highest BCUT2D eigenvalue weighted by atomic mass is 32.2. The molecule has 2 atom stereocenters. The molecule has 0 heterocycles. The minimum absolute atomic E-state index is 0.199. The zero-order valence-electron chi connectivity index (χ0n) is 12.3. The Balaban J connectivity index is 2.25. The molecule has 0 amide bonds. The summed E-state index contributed by atoms with van der Waals surface area (Å²) in [4.78, 5) is 0.300. The van der Waals surface area contributed by atoms with Crippen LogP contribution in [0.3, 0.4) is 0 Å². The zero-order chi connectivity index (χ0) is 17.0. The Hall–Kier alpha value is -1.48. The number of hydrogen-bond donors (Lipinski definition) is 3. The third-order valence-electron chi connectivity index (χ3n) is 3.13. The van der Waals surface area contributed by atoms with E-state index in [0.29, 0.717) is 21.9 Å². The van der Waals surface area contributed by atoms with Gasteiger partial charge in [-0.1, -0.05) is 12.1 Å². The quantitative estimate of drug-likeness (QED) is 0.542. The number of rotatable bonds is 6. The van der Waals surface area contributed by atoms with Gasteiger partial charge in [-0.3, -0.25) is 9.27 Å². The van der Waals surface area contributed by atoms with Gasteiger partial charge in [0.25, 0.3) is 11.3 Å². The first-order valence-electron chi connectivity index (χ1n) is 6.70. The molecule has 0 aliphatic rings. The van der Waals surface area contributed by atoms with Crippen LogP contribution in [0.5, 0.6) is 0 Å². The van der Waals surface area contributed by atoms with Crippen LogP contribution in [0.15, 0.2) is 41.3 Å². The molecule has 0 bridgehead atoms. The van der Waals surface area contributed by atoms with E-state index in [1.54, 1.807) is 18.2 Å². The summed E-state index contributed by atoms with van der Waals surface area (Å²) in [6.07, 6.45) is 0. The molecule has 2 aromatic carbocycles. The number of hydrogen-bond acceptors (Lipinski definition) is 3. The van der Waals surface area contributed by atoms with E-state index < -0.39 is 22.9 Å². The van der Waals surface area contributed by atoms with Crippen LogP contribution in [0.2, 0.25) is 0 Å². The van der Waals surface area contributed by atoms with Crippen molar-refractivity contribution in [3.63, 3.8) is 0 Å². The van der Waals surface area contributed by atoms with Crippen molar-refractivity contribution in [1.29, 1.82) is 0 Å². The van der Waals surface area contributed by atoms with Gasteiger partial charge < -0.3 is 5.73 Å². The van der Waals surface area contributed by atoms with Gasteiger partial charge in [-0.15, -0.1) is 11.8 Å². The molecule has 2 rings (SSSR count). The molecule has 0 saturated carbocycles. The number of thioether (sulfide) groups is 1. The van der Waals surface area contributed by atoms with Crippen LogP contribution in [0, 0.1) is 11.6 Å². The lowest BCUT2D eigenvalue weighted by Gasteiger charge is -2.13. The van der Waals surface area contributed by atoms with Crippen LogP contribution in [-0.4, -0.2) is 8.76 Å². The average Bonchev–Trinajstić information content (AvgIpc) is 2.46. The van der Waals surface area contributed by atoms with Crippen molar-refractivity contribution in [1.82, 2.24) is 0 Å². The van der Waals surface area contributed by atoms with Crippen LogP contribution in [0.25, 0.3) is 0 Å². The van der Waals surface area contributed by atoms with Crippen molar-refractivity contribution >= 4 is 28.7 Å². The van der Waals surface area contributed by atoms with Crippen molar-refractivity contribution in [3.8, 4) is 0 Å². The molecule has 23 heavy (non-hydrogen) atoms. The Kier molecular flexibility index (Phi) is 6.11. The van der Waals surface area contributed by atoms with Crippen molar-refractivity contribution in [3.05, 3.63) is 59.2 Å². The third-order valence-corrected chi connectivity index (χ3v) is 4.62. The first-order valence-corrected chi connectivity index (χ1v) is 8.80. The van der Waals surface area contributed by atoms with E-state index in [0.717, 1.165) is 11.6 Å². The van der Waals surface area contributed by atoms with E-state index in [-0.39, 0.29) is 6.04 Å². The Morgan fingerprint density at radius 3 is 2.65 bits per heavy atom. The van der Waals surface area contributed by atoms with Crippen molar-refractivity contribution in [2.45, 2.75) is 23.6 Å². The van der Waals surface area contributed by atoms with Crippen molar-refractivity contribution in [2.24, 2.45) is 5.73 Å². The molecule has 2 aromatic rings. The number of halogens is 2. The maximum atomic E-state index is 13.7. The van der Waals surface area contributed by atoms with Crippen molar-refractivity contribution in [2.75, 3.05) is 4.72 Å². The Morgan fingerprint density at radius 1 is 1.30 bits per heavy atom. The number of benzene rings is 2. The molecule has 0 saturated heterocycles. The number of anilines is 1. The molecule has 4 N–H and O–H groups in total. The molecule has 8 heteroatoms. The van der Waals surface area contributed by atoms with E-state index in [1.807, 2.05) is 6.92 Å². The first-order chi connectivity index (χ1) is 10.9. The highest BCUT2D eigenvalue weighted by Gasteiger charge is 2.11. The fraction of sp³-hybridized carbons (Fsp3) is 0.200. The molecule has 4 nitrogen and oxygen atoms in total. The van der Waals surface area contributed by atoms with Gasteiger partial charge in [0.2, 0.25) is 0 Å². The van der Waals surface area contributed by atoms with Gasteiger partial charge in [0.1, 0.15) is 11.6 Å². The maximum Gasteiger partial charge on any atom is 0.259 e. The molecule has 2 unspecified atom stereocenters. The molecule has 124 valence electrons. The summed E-state index contributed by atoms with van der Waals surface area (Å²) in [5.41, 5.74) is 7.87. The summed E-state index contributed by atoms with van der Waals surface area (Å²) >= 11 is -1.05. The van der Waals surface area contributed by atoms with Crippen LogP contribution in [0.4, 0.5) is 14.5 Å². The Labute approximate surface area is 139 Å². The fourth-order valence-electron chi connectivity index (χ4n) is 1.96. The topological polar surface area (TPSA) is 75.3 Å². The van der Waals surface area contributed by atoms with Crippen LogP contribution < -0.4 is 10.5 Å². The molecule has 0 fully saturated rings. The molecular weight excluding hydrogens is 342 g/mol. The van der Waals surface area contributed by atoms with Gasteiger partial charge in [0, 0.05) is 22.8 Å². The van der Waals surface area contributed by atoms with Gasteiger partial charge in [-0.05, 0) is 36.2 Å². The zero-order valence-corrected chi connectivity index (χ0v) is 13.9. The Bertz CT molecular complexity index is 727. The highest BCUT2D eigenvalue weighted by molar-refractivity contribution is 7.98. The van der Waals surface area contributed by atoms with Gasteiger partial charge in [0.05, 0.1) is 5.69 Å². The normalized spacial score (nSPS) is 13.6. The SMILES string of the molecule is CC(N)c1ccc(NS(=O)O)c(CSc2ccc(F)cc2F)c1. The summed E-state index contributed by atoms with van der Waals surface area (Å²) in [6.45, 7) is 1.82. The highest BCUT2D eigenvalue weighted by Crippen LogP contribution is 2.30. The van der Waals surface area contributed by atoms with E-state index in [4.69, 9.17) is 10.3 Å². The van der Waals surface area contributed by atoms with Crippen LogP contribution in [0.1, 0.15) is 24.1 Å². The second-order valence-corrected chi connectivity index (χ2v) is 6.64. The van der Waals surface area contributed by atoms with E-state index in [2.05, 4.69) is 4.72 Å². The first kappa shape index (κ1) is 17.9. The van der Waals surface area contributed by atoms with E-state index in [9.17, 15) is 13.0 Å². The molecular formula is C15H16F2N2O2S2. The summed E-state index contributed by atoms with van der Waals surface area (Å²) in [6, 6.07) is 8.39. The second-order valence-electron chi connectivity index (χ2n) is 4.92. The second kappa shape index (κ2) is 7.87. The molecule has 0 aromatic heterocycles. The number of nitrogens with two attached hydrogens (primary N) is 1. The largest absolute Gasteiger partial charge is 0.324 e. The smallest absolute Gasteiger partial charge is 0.259 e. The minimum atomic E-state index is -2.21. The molecule has 0 aliphatic heterocycles. The summed E-state index contributed by atoms with van der Waals surface area (Å²) < 4.78 is 49.0. The lowest BCUT2D eigenvalue weighted by atomic mass is 10.1. The summed E-state index contributed by atoms with van der Waals surface area (Å²) in [7, 11) is 0. The number of nitrogens with one attached hydrogen (secondary N) is 1. The van der Waals surface area contributed by atoms with Gasteiger partial charge in [-0.25, -0.2) is 13.0 Å². The van der Waals surface area contributed by atoms with Crippen LogP contribution in [-0.2, 0) is 17.0 Å². The van der Waals surface area contributed by atoms with Gasteiger partial charge in [0.15, 0.2) is 0 Å². The lowest BCUT2D eigenvalue weighted by molar-refractivity contribution is 0.565. The standard InChI is InChI=1S/C15H16F2N2O2S2/c1-9(18)10-2-4-14(19-23(20)21)11(6-10)8-22-15-5-3-12(16)7-13(15)17/h2-7,9,19H,8,18H2,1H3,(H,20,21). The van der Waals surface area contributed by atoms with E-state index in [1.165, 1.54) is 23.9 Å². The predicted molar refractivity (Wildman–Crippen MR) is 89.4 cm³/mol. The van der Waals surface area contributed by atoms with Gasteiger partial charge >= 0.3 is 0 Å². The molecule has 0 aliphatic carbocycles. The maximum absolute atomic E-state index is 13.7. The van der Waals surface area contributed by atoms with Gasteiger partial charge in [-0.2, -0.15) is 0 Å². The molecule has 0 radical (unpaired) electrons.